The lowest BCUT2D eigenvalue weighted by molar-refractivity contribution is -0.122. The topological polar surface area (TPSA) is 83.3 Å². The van der Waals surface area contributed by atoms with Gasteiger partial charge >= 0.3 is 0 Å². The Hall–Kier alpha value is -1.32. The number of amides is 1. The van der Waals surface area contributed by atoms with E-state index in [2.05, 4.69) is 26.0 Å². The highest BCUT2D eigenvalue weighted by Gasteiger charge is 2.28. The summed E-state index contributed by atoms with van der Waals surface area (Å²) in [5, 5.41) is 13.6. The van der Waals surface area contributed by atoms with E-state index in [4.69, 9.17) is 0 Å². The molecule has 1 amide bonds. The molecule has 0 atom stereocenters. The van der Waals surface area contributed by atoms with Crippen LogP contribution in [-0.4, -0.2) is 47.8 Å². The summed E-state index contributed by atoms with van der Waals surface area (Å²) in [6.45, 7) is 7.57. The third-order valence-corrected chi connectivity index (χ3v) is 3.37. The summed E-state index contributed by atoms with van der Waals surface area (Å²) in [6, 6.07) is 0. The molecule has 1 aromatic rings. The Morgan fingerprint density at radius 1 is 1.35 bits per heavy atom. The van der Waals surface area contributed by atoms with Crippen LogP contribution in [0.2, 0.25) is 0 Å². The van der Waals surface area contributed by atoms with Gasteiger partial charge in [-0.1, -0.05) is 0 Å². The molecule has 0 aliphatic heterocycles. The van der Waals surface area contributed by atoms with Crippen molar-refractivity contribution < 1.29 is 4.79 Å². The predicted molar refractivity (Wildman–Crippen MR) is 102 cm³/mol. The molecule has 8 heteroatoms. The van der Waals surface area contributed by atoms with Crippen molar-refractivity contribution in [2.45, 2.75) is 33.2 Å². The fourth-order valence-corrected chi connectivity index (χ4v) is 2.06. The van der Waals surface area contributed by atoms with Crippen molar-refractivity contribution in [3.8, 4) is 0 Å². The average molecular weight is 434 g/mol. The molecule has 130 valence electrons. The van der Waals surface area contributed by atoms with E-state index in [0.29, 0.717) is 13.1 Å². The molecule has 0 saturated heterocycles. The molecule has 3 N–H and O–H groups in total. The van der Waals surface area contributed by atoms with E-state index in [1.807, 2.05) is 30.9 Å². The minimum absolute atomic E-state index is 0. The zero-order valence-corrected chi connectivity index (χ0v) is 16.2. The van der Waals surface area contributed by atoms with Crippen LogP contribution in [0.15, 0.2) is 17.4 Å². The van der Waals surface area contributed by atoms with Crippen LogP contribution in [0.1, 0.15) is 25.3 Å². The minimum Gasteiger partial charge on any atom is -0.357 e. The van der Waals surface area contributed by atoms with Crippen LogP contribution < -0.4 is 16.0 Å². The summed E-state index contributed by atoms with van der Waals surface area (Å²) in [5.74, 6) is 1.20. The number of aromatic nitrogens is 2. The number of carbonyl (C=O) groups is 1. The van der Waals surface area contributed by atoms with E-state index in [1.54, 1.807) is 0 Å². The summed E-state index contributed by atoms with van der Waals surface area (Å²) < 4.78 is 1.90. The summed E-state index contributed by atoms with van der Waals surface area (Å²) in [6.07, 6.45) is 5.93. The number of aliphatic imine (C=N–C) groups is 1. The second-order valence-electron chi connectivity index (χ2n) is 5.53. The number of guanidine groups is 1. The van der Waals surface area contributed by atoms with Crippen LogP contribution in [-0.2, 0) is 11.3 Å². The van der Waals surface area contributed by atoms with E-state index >= 15 is 0 Å². The summed E-state index contributed by atoms with van der Waals surface area (Å²) in [4.78, 5) is 16.0. The van der Waals surface area contributed by atoms with Gasteiger partial charge in [-0.3, -0.25) is 14.5 Å². The molecule has 23 heavy (non-hydrogen) atoms. The van der Waals surface area contributed by atoms with Crippen LogP contribution >= 0.6 is 24.0 Å². The van der Waals surface area contributed by atoms with E-state index in [0.717, 1.165) is 44.0 Å². The first-order valence-corrected chi connectivity index (χ1v) is 7.98. The van der Waals surface area contributed by atoms with Gasteiger partial charge in [-0.2, -0.15) is 5.10 Å². The van der Waals surface area contributed by atoms with Gasteiger partial charge < -0.3 is 16.0 Å². The standard InChI is InChI=1S/C15H26N6O.HI/c1-3-16-15(18-7-6-17-14(22)13-4-5-13)19-8-9-21-11-12(2)10-20-21;/h10-11,13H,3-9H2,1-2H3,(H,17,22)(H2,16,18,19);1H. The number of aryl methyl sites for hydroxylation is 1. The van der Waals surface area contributed by atoms with Crippen molar-refractivity contribution in [1.82, 2.24) is 25.7 Å². The van der Waals surface area contributed by atoms with Crippen molar-refractivity contribution in [3.63, 3.8) is 0 Å². The van der Waals surface area contributed by atoms with E-state index in [-0.39, 0.29) is 35.8 Å². The number of carbonyl (C=O) groups excluding carboxylic acids is 1. The molecule has 2 rings (SSSR count). The fraction of sp³-hybridized carbons (Fsp3) is 0.667. The molecule has 0 spiro atoms. The Labute approximate surface area is 154 Å². The molecule has 1 aromatic heterocycles. The number of rotatable bonds is 8. The number of nitrogens with one attached hydrogen (secondary N) is 3. The molecule has 7 nitrogen and oxygen atoms in total. The summed E-state index contributed by atoms with van der Waals surface area (Å²) in [7, 11) is 0. The van der Waals surface area contributed by atoms with Crippen LogP contribution in [0.3, 0.4) is 0 Å². The molecule has 0 unspecified atom stereocenters. The van der Waals surface area contributed by atoms with Gasteiger partial charge in [-0.25, -0.2) is 0 Å². The maximum atomic E-state index is 11.5. The average Bonchev–Trinajstić information content (AvgIpc) is 3.27. The Morgan fingerprint density at radius 3 is 2.74 bits per heavy atom. The smallest absolute Gasteiger partial charge is 0.223 e. The highest BCUT2D eigenvalue weighted by atomic mass is 127. The Bertz CT molecular complexity index is 512. The zero-order chi connectivity index (χ0) is 15.8. The maximum Gasteiger partial charge on any atom is 0.223 e. The summed E-state index contributed by atoms with van der Waals surface area (Å²) in [5.41, 5.74) is 1.16. The maximum absolute atomic E-state index is 11.5. The Morgan fingerprint density at radius 2 is 2.13 bits per heavy atom. The quantitative estimate of drug-likeness (QED) is 0.246. The van der Waals surface area contributed by atoms with Gasteiger partial charge in [0.15, 0.2) is 5.96 Å². The predicted octanol–water partition coefficient (Wildman–Crippen LogP) is 0.891. The molecule has 1 heterocycles. The molecule has 0 radical (unpaired) electrons. The lowest BCUT2D eigenvalue weighted by atomic mass is 10.4. The van der Waals surface area contributed by atoms with Crippen LogP contribution in [0.5, 0.6) is 0 Å². The van der Waals surface area contributed by atoms with Gasteiger partial charge in [0, 0.05) is 31.7 Å². The monoisotopic (exact) mass is 434 g/mol. The highest BCUT2D eigenvalue weighted by Crippen LogP contribution is 2.28. The first-order valence-electron chi connectivity index (χ1n) is 7.98. The molecule has 1 aliphatic carbocycles. The molecular weight excluding hydrogens is 407 g/mol. The normalized spacial score (nSPS) is 14.1. The largest absolute Gasteiger partial charge is 0.357 e. The SMILES string of the molecule is CCNC(=NCCNC(=O)C1CC1)NCCn1cc(C)cn1.I. The summed E-state index contributed by atoms with van der Waals surface area (Å²) >= 11 is 0. The molecule has 1 aliphatic rings. The first-order chi connectivity index (χ1) is 10.7. The molecule has 0 aromatic carbocycles. The van der Waals surface area contributed by atoms with Gasteiger partial charge in [-0.15, -0.1) is 24.0 Å². The Kier molecular flexibility index (Phi) is 8.97. The Balaban J connectivity index is 0.00000264. The van der Waals surface area contributed by atoms with Crippen molar-refractivity contribution >= 4 is 35.8 Å². The van der Waals surface area contributed by atoms with Gasteiger partial charge in [-0.05, 0) is 32.3 Å². The van der Waals surface area contributed by atoms with Crippen LogP contribution in [0.25, 0.3) is 0 Å². The van der Waals surface area contributed by atoms with Crippen molar-refractivity contribution in [2.24, 2.45) is 10.9 Å². The van der Waals surface area contributed by atoms with Crippen molar-refractivity contribution in [3.05, 3.63) is 18.0 Å². The molecule has 1 saturated carbocycles. The van der Waals surface area contributed by atoms with Crippen molar-refractivity contribution in [1.29, 1.82) is 0 Å². The fourth-order valence-electron chi connectivity index (χ4n) is 2.06. The van der Waals surface area contributed by atoms with Crippen LogP contribution in [0, 0.1) is 12.8 Å². The van der Waals surface area contributed by atoms with Gasteiger partial charge in [0.1, 0.15) is 0 Å². The second-order valence-corrected chi connectivity index (χ2v) is 5.53. The number of nitrogens with zero attached hydrogens (tertiary/aromatic N) is 3. The second kappa shape index (κ2) is 10.5. The van der Waals surface area contributed by atoms with E-state index < -0.39 is 0 Å². The molecular formula is C15H27IN6O. The molecule has 1 fully saturated rings. The lowest BCUT2D eigenvalue weighted by Gasteiger charge is -2.11. The van der Waals surface area contributed by atoms with Gasteiger partial charge in [0.05, 0.1) is 19.3 Å². The number of hydrogen-bond acceptors (Lipinski definition) is 3. The van der Waals surface area contributed by atoms with Gasteiger partial charge in [0.2, 0.25) is 5.91 Å². The van der Waals surface area contributed by atoms with E-state index in [9.17, 15) is 4.79 Å². The third-order valence-electron chi connectivity index (χ3n) is 3.37. The number of halogens is 1. The zero-order valence-electron chi connectivity index (χ0n) is 13.8. The highest BCUT2D eigenvalue weighted by molar-refractivity contribution is 14.0. The third kappa shape index (κ3) is 7.67. The van der Waals surface area contributed by atoms with Gasteiger partial charge in [0.25, 0.3) is 0 Å². The lowest BCUT2D eigenvalue weighted by Crippen LogP contribution is -2.39. The molecule has 0 bridgehead atoms. The van der Waals surface area contributed by atoms with Crippen LogP contribution in [0.4, 0.5) is 0 Å². The first kappa shape index (κ1) is 19.7. The van der Waals surface area contributed by atoms with E-state index in [1.165, 1.54) is 0 Å². The van der Waals surface area contributed by atoms with Crippen molar-refractivity contribution in [2.75, 3.05) is 26.2 Å². The minimum atomic E-state index is 0. The number of hydrogen-bond donors (Lipinski definition) is 3.